The van der Waals surface area contributed by atoms with Gasteiger partial charge in [-0.1, -0.05) is 61.0 Å². The van der Waals surface area contributed by atoms with Gasteiger partial charge in [-0.05, 0) is 39.2 Å². The second kappa shape index (κ2) is 16.7. The first-order valence-electron chi connectivity index (χ1n) is 15.9. The predicted molar refractivity (Wildman–Crippen MR) is 173 cm³/mol. The van der Waals surface area contributed by atoms with Crippen molar-refractivity contribution in [3.05, 3.63) is 77.8 Å². The van der Waals surface area contributed by atoms with Crippen LogP contribution in [0.25, 0.3) is 0 Å². The van der Waals surface area contributed by atoms with Crippen LogP contribution in [-0.4, -0.2) is 82.0 Å². The molecule has 0 unspecified atom stereocenters. The number of aliphatic hydroxyl groups excluding tert-OH is 1. The summed E-state index contributed by atoms with van der Waals surface area (Å²) in [5, 5.41) is 19.4. The maximum Gasteiger partial charge on any atom is 0.412 e. The largest absolute Gasteiger partial charge is 0.460 e. The smallest absolute Gasteiger partial charge is 0.412 e. The second-order valence-corrected chi connectivity index (χ2v) is 12.2. The number of anilines is 1. The van der Waals surface area contributed by atoms with E-state index in [1.807, 2.05) is 6.92 Å². The monoisotopic (exact) mass is 665 g/mol. The molecular weight excluding hydrogens is 622 g/mol. The van der Waals surface area contributed by atoms with E-state index in [2.05, 4.69) is 27.4 Å². The number of oxazole rings is 1. The highest BCUT2D eigenvalue weighted by atomic mass is 16.6. The number of aryl methyl sites for hydroxylation is 1. The third kappa shape index (κ3) is 10.3. The summed E-state index contributed by atoms with van der Waals surface area (Å²) in [5.41, 5.74) is 1.49. The summed E-state index contributed by atoms with van der Waals surface area (Å²) in [6, 6.07) is 0.660. The number of amides is 3. The molecule has 3 N–H and O–H groups in total. The lowest BCUT2D eigenvalue weighted by Gasteiger charge is -2.30. The van der Waals surface area contributed by atoms with Gasteiger partial charge in [0.25, 0.3) is 5.91 Å². The van der Waals surface area contributed by atoms with Crippen LogP contribution in [0.1, 0.15) is 62.2 Å². The zero-order valence-corrected chi connectivity index (χ0v) is 27.6. The summed E-state index contributed by atoms with van der Waals surface area (Å²) >= 11 is 0. The van der Waals surface area contributed by atoms with Crippen molar-refractivity contribution in [2.24, 2.45) is 11.8 Å². The molecule has 2 aliphatic rings. The standard InChI is InChI=1S/C34H43N5O9/c1-20-8-6-12-35-29(41)11-10-22(3)31(23(4)18-46-34(44)37-28-17-24(5)48-38-28)47-33(43)27-9-7-13-39(27)32(42)26-19-45-30(36-26)16-21(2)15-25(40)14-20/h6,8,10-11,14,17,19,22-23,25,27,31,40H,2,7,9,12-13,15-16,18H2,1,3-5H3,(H,35,41)(H,37,38,44)/b8-6+,11-10+,20-14+/t22-,23+,25-,27-,31+/m1/s1. The molecule has 4 rings (SSSR count). The molecule has 0 aromatic carbocycles. The van der Waals surface area contributed by atoms with E-state index in [4.69, 9.17) is 18.4 Å². The van der Waals surface area contributed by atoms with Crippen LogP contribution in [0, 0.1) is 18.8 Å². The topological polar surface area (TPSA) is 186 Å². The molecule has 1 saturated heterocycles. The first kappa shape index (κ1) is 35.9. The Balaban J connectivity index is 1.54. The molecule has 1 fully saturated rings. The number of ether oxygens (including phenoxy) is 2. The Morgan fingerprint density at radius 1 is 1.27 bits per heavy atom. The Labute approximate surface area is 278 Å². The van der Waals surface area contributed by atoms with Gasteiger partial charge in [-0.2, -0.15) is 0 Å². The molecule has 2 aliphatic heterocycles. The number of esters is 1. The number of allylic oxidation sites excluding steroid dienone is 2. The number of nitrogens with zero attached hydrogens (tertiary/aromatic N) is 3. The number of carbonyl (C=O) groups is 4. The van der Waals surface area contributed by atoms with E-state index in [0.717, 1.165) is 5.57 Å². The van der Waals surface area contributed by atoms with Crippen molar-refractivity contribution in [1.82, 2.24) is 20.4 Å². The van der Waals surface area contributed by atoms with Gasteiger partial charge in [-0.15, -0.1) is 0 Å². The van der Waals surface area contributed by atoms with Crippen molar-refractivity contribution < 1.29 is 42.7 Å². The number of carbonyl (C=O) groups excluding carboxylic acids is 4. The normalized spacial score (nSPS) is 26.4. The summed E-state index contributed by atoms with van der Waals surface area (Å²) in [6.07, 6.45) is 8.47. The molecule has 4 heterocycles. The molecule has 0 radical (unpaired) electrons. The summed E-state index contributed by atoms with van der Waals surface area (Å²) in [4.78, 5) is 57.9. The Morgan fingerprint density at radius 2 is 2.06 bits per heavy atom. The van der Waals surface area contributed by atoms with Crippen LogP contribution in [-0.2, 0) is 25.5 Å². The van der Waals surface area contributed by atoms with Gasteiger partial charge in [0.2, 0.25) is 5.91 Å². The van der Waals surface area contributed by atoms with Crippen molar-refractivity contribution in [2.45, 2.75) is 71.6 Å². The number of cyclic esters (lactones) is 1. The molecule has 258 valence electrons. The minimum absolute atomic E-state index is 0.0475. The van der Waals surface area contributed by atoms with E-state index in [-0.39, 0.29) is 49.3 Å². The fourth-order valence-corrected chi connectivity index (χ4v) is 5.53. The van der Waals surface area contributed by atoms with Crippen LogP contribution >= 0.6 is 0 Å². The van der Waals surface area contributed by atoms with Crippen LogP contribution in [0.2, 0.25) is 0 Å². The Kier molecular flexibility index (Phi) is 12.5. The maximum absolute atomic E-state index is 13.6. The van der Waals surface area contributed by atoms with E-state index in [0.29, 0.717) is 30.7 Å². The molecule has 48 heavy (non-hydrogen) atoms. The number of hydrogen-bond acceptors (Lipinski definition) is 11. The quantitative estimate of drug-likeness (QED) is 0.316. The van der Waals surface area contributed by atoms with Gasteiger partial charge in [-0.25, -0.2) is 14.6 Å². The van der Waals surface area contributed by atoms with E-state index in [1.54, 1.807) is 45.1 Å². The summed E-state index contributed by atoms with van der Waals surface area (Å²) in [5.74, 6) is -1.49. The molecule has 2 aromatic heterocycles. The van der Waals surface area contributed by atoms with Crippen molar-refractivity contribution in [3.63, 3.8) is 0 Å². The Morgan fingerprint density at radius 3 is 2.81 bits per heavy atom. The SMILES string of the molecule is C=C1Cc2nc(co2)C(=O)N2CCC[C@@H]2C(=O)O[C@H]([C@@H](C)COC(=O)Nc2cc(C)on2)[C@H](C)/C=C/C(=O)NC/C=C/C(C)=C/[C@@H](O)C1. The zero-order chi connectivity index (χ0) is 34.8. The number of nitrogens with one attached hydrogen (secondary N) is 2. The third-order valence-corrected chi connectivity index (χ3v) is 7.90. The fraction of sp³-hybridized carbons (Fsp3) is 0.471. The lowest BCUT2D eigenvalue weighted by atomic mass is 9.93. The molecule has 2 aromatic rings. The number of aromatic nitrogens is 2. The van der Waals surface area contributed by atoms with Crippen molar-refractivity contribution in [2.75, 3.05) is 25.0 Å². The average molecular weight is 666 g/mol. The van der Waals surface area contributed by atoms with Gasteiger partial charge in [0, 0.05) is 37.4 Å². The van der Waals surface area contributed by atoms with Crippen LogP contribution in [0.3, 0.4) is 0 Å². The minimum atomic E-state index is -0.875. The average Bonchev–Trinajstić information content (AvgIpc) is 3.80. The highest BCUT2D eigenvalue weighted by molar-refractivity contribution is 5.95. The lowest BCUT2D eigenvalue weighted by Crippen LogP contribution is -2.44. The molecule has 0 aliphatic carbocycles. The molecule has 3 amide bonds. The highest BCUT2D eigenvalue weighted by Crippen LogP contribution is 2.26. The Bertz CT molecular complexity index is 1570. The molecule has 0 spiro atoms. The maximum atomic E-state index is 13.6. The predicted octanol–water partition coefficient (Wildman–Crippen LogP) is 4.05. The minimum Gasteiger partial charge on any atom is -0.460 e. The van der Waals surface area contributed by atoms with Crippen LogP contribution in [0.4, 0.5) is 10.6 Å². The van der Waals surface area contributed by atoms with Gasteiger partial charge in [0.05, 0.1) is 12.7 Å². The van der Waals surface area contributed by atoms with Crippen molar-refractivity contribution >= 4 is 29.7 Å². The molecule has 14 heteroatoms. The molecular formula is C34H43N5O9. The fourth-order valence-electron chi connectivity index (χ4n) is 5.53. The summed E-state index contributed by atoms with van der Waals surface area (Å²) in [7, 11) is 0. The first-order chi connectivity index (χ1) is 22.9. The number of rotatable bonds is 4. The molecule has 2 bridgehead atoms. The van der Waals surface area contributed by atoms with Crippen molar-refractivity contribution in [1.29, 1.82) is 0 Å². The summed E-state index contributed by atoms with van der Waals surface area (Å²) in [6.45, 7) is 11.5. The number of aliphatic hydroxyl groups is 1. The van der Waals surface area contributed by atoms with Gasteiger partial charge < -0.3 is 33.7 Å². The molecule has 5 atom stereocenters. The summed E-state index contributed by atoms with van der Waals surface area (Å²) < 4.78 is 21.9. The van der Waals surface area contributed by atoms with E-state index < -0.39 is 48.1 Å². The van der Waals surface area contributed by atoms with Crippen LogP contribution < -0.4 is 10.6 Å². The zero-order valence-electron chi connectivity index (χ0n) is 27.6. The van der Waals surface area contributed by atoms with Gasteiger partial charge in [-0.3, -0.25) is 14.9 Å². The number of hydrogen-bond donors (Lipinski definition) is 3. The molecule has 0 saturated carbocycles. The van der Waals surface area contributed by atoms with E-state index >= 15 is 0 Å². The van der Waals surface area contributed by atoms with E-state index in [9.17, 15) is 24.3 Å². The van der Waals surface area contributed by atoms with Crippen LogP contribution in [0.5, 0.6) is 0 Å². The Hall–Kier alpha value is -4.98. The van der Waals surface area contributed by atoms with Gasteiger partial charge in [0.15, 0.2) is 17.4 Å². The number of fused-ring (bicyclic) bond motifs is 3. The van der Waals surface area contributed by atoms with E-state index in [1.165, 1.54) is 23.3 Å². The molecule has 14 nitrogen and oxygen atoms in total. The van der Waals surface area contributed by atoms with Crippen LogP contribution in [0.15, 0.2) is 69.4 Å². The lowest BCUT2D eigenvalue weighted by molar-refractivity contribution is -0.159. The van der Waals surface area contributed by atoms with Crippen molar-refractivity contribution in [3.8, 4) is 0 Å². The second-order valence-electron chi connectivity index (χ2n) is 12.2. The highest BCUT2D eigenvalue weighted by Gasteiger charge is 2.39. The van der Waals surface area contributed by atoms with Gasteiger partial charge in [0.1, 0.15) is 24.2 Å². The first-order valence-corrected chi connectivity index (χ1v) is 15.9. The van der Waals surface area contributed by atoms with Gasteiger partial charge >= 0.3 is 12.1 Å². The third-order valence-electron chi connectivity index (χ3n) is 7.90.